The molecule has 2 aromatic heterocycles. The van der Waals surface area contributed by atoms with Crippen LogP contribution in [0, 0.1) is 6.92 Å². The van der Waals surface area contributed by atoms with Gasteiger partial charge < -0.3 is 20.3 Å². The quantitative estimate of drug-likeness (QED) is 0.233. The molecular weight excluding hydrogens is 466 g/mol. The lowest BCUT2D eigenvalue weighted by Crippen LogP contribution is -2.14. The predicted molar refractivity (Wildman–Crippen MR) is 149 cm³/mol. The molecule has 9 nitrogen and oxygen atoms in total. The van der Waals surface area contributed by atoms with Crippen LogP contribution in [0.1, 0.15) is 55.4 Å². The Kier molecular flexibility index (Phi) is 10.6. The van der Waals surface area contributed by atoms with Crippen molar-refractivity contribution in [3.63, 3.8) is 0 Å². The highest BCUT2D eigenvalue weighted by atomic mass is 16.5. The number of fused-ring (bicyclic) bond motifs is 1. The normalized spacial score (nSPS) is 11.8. The van der Waals surface area contributed by atoms with Gasteiger partial charge in [-0.05, 0) is 57.5 Å². The van der Waals surface area contributed by atoms with Crippen LogP contribution < -0.4 is 10.6 Å². The van der Waals surface area contributed by atoms with Crippen LogP contribution in [0.5, 0.6) is 0 Å². The first-order valence-electron chi connectivity index (χ1n) is 13.0. The zero-order valence-corrected chi connectivity index (χ0v) is 23.0. The van der Waals surface area contributed by atoms with Crippen molar-refractivity contribution in [2.75, 3.05) is 51.0 Å². The summed E-state index contributed by atoms with van der Waals surface area (Å²) in [4.78, 5) is 23.9. The number of carbonyl (C=O) groups is 1. The predicted octanol–water partition coefficient (Wildman–Crippen LogP) is 4.24. The smallest absolute Gasteiger partial charge is 0.229 e. The molecule has 0 aliphatic heterocycles. The van der Waals surface area contributed by atoms with Gasteiger partial charge in [0.25, 0.3) is 0 Å². The maximum Gasteiger partial charge on any atom is 0.229 e. The summed E-state index contributed by atoms with van der Waals surface area (Å²) >= 11 is 0. The highest BCUT2D eigenvalue weighted by Gasteiger charge is 2.15. The van der Waals surface area contributed by atoms with E-state index < -0.39 is 0 Å². The van der Waals surface area contributed by atoms with Crippen LogP contribution in [0.15, 0.2) is 36.5 Å². The largest absolute Gasteiger partial charge is 0.382 e. The Balaban J connectivity index is 1.76. The second-order valence-electron chi connectivity index (χ2n) is 9.83. The number of nitrogens with one attached hydrogen (secondary N) is 2. The van der Waals surface area contributed by atoms with Crippen LogP contribution in [0.4, 0.5) is 11.9 Å². The molecule has 0 spiro atoms. The van der Waals surface area contributed by atoms with Gasteiger partial charge in [0.15, 0.2) is 11.4 Å². The molecule has 3 rings (SSSR count). The monoisotopic (exact) mass is 507 g/mol. The Bertz CT molecular complexity index is 1200. The molecule has 1 aromatic carbocycles. The van der Waals surface area contributed by atoms with E-state index in [9.17, 15) is 4.79 Å². The van der Waals surface area contributed by atoms with E-state index in [1.807, 2.05) is 38.2 Å². The van der Waals surface area contributed by atoms with Gasteiger partial charge in [-0.15, -0.1) is 0 Å². The molecule has 0 aliphatic carbocycles. The van der Waals surface area contributed by atoms with E-state index in [1.165, 1.54) is 0 Å². The minimum absolute atomic E-state index is 0.0988. The number of nitrogens with zero attached hydrogens (tertiary/aromatic N) is 5. The van der Waals surface area contributed by atoms with Crippen molar-refractivity contribution in [1.82, 2.24) is 24.5 Å². The average molecular weight is 508 g/mol. The minimum Gasteiger partial charge on any atom is -0.382 e. The SMILES string of the molecule is CCOCCCNc1nc(NCc2cc(C)cc(CC(=O)/C=C/CN(C)C)c2)n2ncc(C(C)C)c2n1. The van der Waals surface area contributed by atoms with Crippen molar-refractivity contribution >= 4 is 23.3 Å². The van der Waals surface area contributed by atoms with Crippen molar-refractivity contribution in [2.24, 2.45) is 0 Å². The summed E-state index contributed by atoms with van der Waals surface area (Å²) in [7, 11) is 3.96. The number of hydrogen-bond donors (Lipinski definition) is 2. The Labute approximate surface area is 220 Å². The third-order valence-corrected chi connectivity index (χ3v) is 5.77. The molecule has 0 radical (unpaired) electrons. The van der Waals surface area contributed by atoms with Gasteiger partial charge in [0, 0.05) is 44.8 Å². The van der Waals surface area contributed by atoms with E-state index >= 15 is 0 Å². The van der Waals surface area contributed by atoms with Crippen LogP contribution in [-0.4, -0.2) is 70.7 Å². The van der Waals surface area contributed by atoms with Crippen LogP contribution in [-0.2, 0) is 22.5 Å². The van der Waals surface area contributed by atoms with Crippen LogP contribution >= 0.6 is 0 Å². The lowest BCUT2D eigenvalue weighted by atomic mass is 10.0. The Morgan fingerprint density at radius 1 is 1.16 bits per heavy atom. The van der Waals surface area contributed by atoms with Crippen molar-refractivity contribution in [3.05, 3.63) is 58.8 Å². The van der Waals surface area contributed by atoms with E-state index in [-0.39, 0.29) is 11.7 Å². The van der Waals surface area contributed by atoms with Gasteiger partial charge in [-0.2, -0.15) is 19.6 Å². The van der Waals surface area contributed by atoms with Gasteiger partial charge in [-0.25, -0.2) is 0 Å². The molecule has 0 atom stereocenters. The van der Waals surface area contributed by atoms with E-state index in [1.54, 1.807) is 10.6 Å². The summed E-state index contributed by atoms with van der Waals surface area (Å²) in [6.45, 7) is 11.7. The zero-order chi connectivity index (χ0) is 26.8. The van der Waals surface area contributed by atoms with Crippen LogP contribution in [0.3, 0.4) is 0 Å². The van der Waals surface area contributed by atoms with Crippen LogP contribution in [0.2, 0.25) is 0 Å². The summed E-state index contributed by atoms with van der Waals surface area (Å²) in [5.41, 5.74) is 5.06. The van der Waals surface area contributed by atoms with Crippen molar-refractivity contribution in [3.8, 4) is 0 Å². The number of allylic oxidation sites excluding steroid dienone is 1. The molecule has 0 fully saturated rings. The number of hydrogen-bond acceptors (Lipinski definition) is 8. The van der Waals surface area contributed by atoms with Gasteiger partial charge in [0.2, 0.25) is 11.9 Å². The fourth-order valence-corrected chi connectivity index (χ4v) is 4.00. The van der Waals surface area contributed by atoms with Crippen molar-refractivity contribution in [2.45, 2.75) is 53.0 Å². The highest BCUT2D eigenvalue weighted by Crippen LogP contribution is 2.22. The molecule has 0 unspecified atom stereocenters. The average Bonchev–Trinajstić information content (AvgIpc) is 3.26. The molecule has 0 saturated heterocycles. The van der Waals surface area contributed by atoms with Gasteiger partial charge in [0.05, 0.1) is 6.20 Å². The van der Waals surface area contributed by atoms with E-state index in [0.29, 0.717) is 38.1 Å². The summed E-state index contributed by atoms with van der Waals surface area (Å²) in [6, 6.07) is 6.26. The number of ketones is 1. The number of likely N-dealkylation sites (N-methyl/N-ethyl adjacent to an activating group) is 1. The molecular formula is C28H41N7O2. The highest BCUT2D eigenvalue weighted by molar-refractivity contribution is 5.91. The topological polar surface area (TPSA) is 96.7 Å². The lowest BCUT2D eigenvalue weighted by Gasteiger charge is -2.13. The molecule has 9 heteroatoms. The molecule has 200 valence electrons. The fourth-order valence-electron chi connectivity index (χ4n) is 4.00. The standard InChI is InChI=1S/C28H41N7O2/c1-7-37-13-9-11-29-27-32-26-25(20(2)3)19-31-35(26)28(33-27)30-18-23-15-21(4)14-22(16-23)17-24(36)10-8-12-34(5)6/h8,10,14-16,19-20H,7,9,11-13,17-18H2,1-6H3,(H2,29,30,32,33)/b10-8+. The Hall–Kier alpha value is -3.30. The number of aryl methyl sites for hydroxylation is 1. The molecule has 0 bridgehead atoms. The summed E-state index contributed by atoms with van der Waals surface area (Å²) in [5, 5.41) is 11.3. The van der Waals surface area contributed by atoms with E-state index in [4.69, 9.17) is 14.7 Å². The Morgan fingerprint density at radius 3 is 2.68 bits per heavy atom. The number of anilines is 2. The molecule has 2 heterocycles. The van der Waals surface area contributed by atoms with Gasteiger partial charge in [0.1, 0.15) is 0 Å². The molecule has 2 N–H and O–H groups in total. The molecule has 37 heavy (non-hydrogen) atoms. The molecule has 3 aromatic rings. The maximum atomic E-state index is 12.4. The number of benzene rings is 1. The number of aromatic nitrogens is 4. The first-order valence-corrected chi connectivity index (χ1v) is 13.0. The number of ether oxygens (including phenoxy) is 1. The van der Waals surface area contributed by atoms with E-state index in [0.717, 1.165) is 47.4 Å². The first kappa shape index (κ1) is 28.3. The van der Waals surface area contributed by atoms with E-state index in [2.05, 4.69) is 54.7 Å². The molecule has 0 amide bonds. The van der Waals surface area contributed by atoms with Gasteiger partial charge in [-0.3, -0.25) is 4.79 Å². The number of rotatable bonds is 15. The third-order valence-electron chi connectivity index (χ3n) is 5.77. The van der Waals surface area contributed by atoms with Gasteiger partial charge in [-0.1, -0.05) is 43.7 Å². The zero-order valence-electron chi connectivity index (χ0n) is 23.0. The van der Waals surface area contributed by atoms with Crippen molar-refractivity contribution in [1.29, 1.82) is 0 Å². The summed E-state index contributed by atoms with van der Waals surface area (Å²) < 4.78 is 7.19. The lowest BCUT2D eigenvalue weighted by molar-refractivity contribution is -0.114. The second kappa shape index (κ2) is 13.9. The van der Waals surface area contributed by atoms with Crippen molar-refractivity contribution < 1.29 is 9.53 Å². The number of carbonyl (C=O) groups excluding carboxylic acids is 1. The second-order valence-corrected chi connectivity index (χ2v) is 9.83. The third kappa shape index (κ3) is 8.65. The minimum atomic E-state index is 0.0988. The molecule has 0 saturated carbocycles. The fraction of sp³-hybridized carbons (Fsp3) is 0.500. The van der Waals surface area contributed by atoms with Crippen LogP contribution in [0.25, 0.3) is 5.65 Å². The first-order chi connectivity index (χ1) is 17.8. The van der Waals surface area contributed by atoms with Gasteiger partial charge >= 0.3 is 0 Å². The molecule has 0 aliphatic rings. The maximum absolute atomic E-state index is 12.4. The Morgan fingerprint density at radius 2 is 1.95 bits per heavy atom. The summed E-state index contributed by atoms with van der Waals surface area (Å²) in [5.74, 6) is 1.57. The summed E-state index contributed by atoms with van der Waals surface area (Å²) in [6.07, 6.45) is 6.68.